The normalized spacial score (nSPS) is 17.0. The minimum Gasteiger partial charge on any atom is -0.344 e. The van der Waals surface area contributed by atoms with Crippen molar-refractivity contribution in [2.75, 3.05) is 26.2 Å². The third kappa shape index (κ3) is 5.06. The number of piperazine rings is 1. The van der Waals surface area contributed by atoms with E-state index in [2.05, 4.69) is 41.4 Å². The van der Waals surface area contributed by atoms with Crippen molar-refractivity contribution in [2.45, 2.75) is 40.3 Å². The maximum absolute atomic E-state index is 12.7. The van der Waals surface area contributed by atoms with Crippen LogP contribution in [0.4, 0.5) is 0 Å². The van der Waals surface area contributed by atoms with E-state index in [-0.39, 0.29) is 17.7 Å². The van der Waals surface area contributed by atoms with E-state index in [1.807, 2.05) is 18.7 Å². The molecule has 0 bridgehead atoms. The van der Waals surface area contributed by atoms with Gasteiger partial charge >= 0.3 is 0 Å². The third-order valence-electron chi connectivity index (χ3n) is 4.46. The highest BCUT2D eigenvalue weighted by Crippen LogP contribution is 2.13. The number of nitrogens with one attached hydrogen (secondary N) is 1. The molecule has 5 nitrogen and oxygen atoms in total. The molecule has 1 saturated heterocycles. The van der Waals surface area contributed by atoms with Gasteiger partial charge in [0.15, 0.2) is 0 Å². The Morgan fingerprint density at radius 3 is 2.38 bits per heavy atom. The van der Waals surface area contributed by atoms with Gasteiger partial charge in [-0.1, -0.05) is 43.7 Å². The molecule has 0 aliphatic carbocycles. The van der Waals surface area contributed by atoms with Gasteiger partial charge in [0.25, 0.3) is 0 Å². The highest BCUT2D eigenvalue weighted by Gasteiger charge is 2.29. The minimum absolute atomic E-state index is 0.0374. The topological polar surface area (TPSA) is 52.7 Å². The van der Waals surface area contributed by atoms with Crippen molar-refractivity contribution >= 4 is 11.8 Å². The zero-order chi connectivity index (χ0) is 17.7. The van der Waals surface area contributed by atoms with Crippen LogP contribution in [-0.4, -0.2) is 53.8 Å². The summed E-state index contributed by atoms with van der Waals surface area (Å²) in [5, 5.41) is 2.79. The number of hydrogen-bond donors (Lipinski definition) is 1. The van der Waals surface area contributed by atoms with E-state index in [9.17, 15) is 9.59 Å². The first-order valence-electron chi connectivity index (χ1n) is 8.70. The molecule has 1 fully saturated rings. The molecular weight excluding hydrogens is 302 g/mol. The SMILES string of the molecule is CC(=O)N[C@H](C(=O)N1CCN(Cc2cccc(C)c2)CC1)C(C)C. The lowest BCUT2D eigenvalue weighted by molar-refractivity contribution is -0.138. The van der Waals surface area contributed by atoms with Gasteiger partial charge in [-0.25, -0.2) is 0 Å². The van der Waals surface area contributed by atoms with Crippen molar-refractivity contribution in [3.63, 3.8) is 0 Å². The van der Waals surface area contributed by atoms with Crippen molar-refractivity contribution < 1.29 is 9.59 Å². The smallest absolute Gasteiger partial charge is 0.245 e. The van der Waals surface area contributed by atoms with Crippen LogP contribution in [0, 0.1) is 12.8 Å². The summed E-state index contributed by atoms with van der Waals surface area (Å²) in [7, 11) is 0. The predicted molar refractivity (Wildman–Crippen MR) is 95.5 cm³/mol. The number of rotatable bonds is 5. The lowest BCUT2D eigenvalue weighted by Crippen LogP contribution is -2.56. The second kappa shape index (κ2) is 8.29. The molecule has 0 saturated carbocycles. The first-order chi connectivity index (χ1) is 11.4. The first kappa shape index (κ1) is 18.5. The Morgan fingerprint density at radius 1 is 1.17 bits per heavy atom. The summed E-state index contributed by atoms with van der Waals surface area (Å²) in [6.07, 6.45) is 0. The molecular formula is C19H29N3O2. The van der Waals surface area contributed by atoms with Crippen LogP contribution >= 0.6 is 0 Å². The van der Waals surface area contributed by atoms with Gasteiger partial charge in [-0.05, 0) is 18.4 Å². The molecule has 2 rings (SSSR count). The maximum atomic E-state index is 12.7. The molecule has 0 aromatic heterocycles. The Balaban J connectivity index is 1.89. The van der Waals surface area contributed by atoms with Crippen LogP contribution in [-0.2, 0) is 16.1 Å². The van der Waals surface area contributed by atoms with E-state index < -0.39 is 6.04 Å². The Labute approximate surface area is 145 Å². The van der Waals surface area contributed by atoms with Gasteiger partial charge in [0, 0.05) is 39.6 Å². The molecule has 0 radical (unpaired) electrons. The molecule has 24 heavy (non-hydrogen) atoms. The van der Waals surface area contributed by atoms with Gasteiger partial charge in [0.2, 0.25) is 11.8 Å². The van der Waals surface area contributed by atoms with E-state index in [0.29, 0.717) is 13.1 Å². The molecule has 1 aromatic rings. The van der Waals surface area contributed by atoms with Crippen LogP contribution in [0.1, 0.15) is 31.9 Å². The average Bonchev–Trinajstić information content (AvgIpc) is 2.52. The van der Waals surface area contributed by atoms with Crippen molar-refractivity contribution in [1.29, 1.82) is 0 Å². The maximum Gasteiger partial charge on any atom is 0.245 e. The molecule has 1 heterocycles. The zero-order valence-corrected chi connectivity index (χ0v) is 15.2. The Bertz CT molecular complexity index is 578. The molecule has 1 N–H and O–H groups in total. The molecule has 1 atom stereocenters. The number of hydrogen-bond acceptors (Lipinski definition) is 3. The lowest BCUT2D eigenvalue weighted by atomic mass is 10.0. The number of carbonyl (C=O) groups excluding carboxylic acids is 2. The number of benzene rings is 1. The van der Waals surface area contributed by atoms with Crippen LogP contribution in [0.15, 0.2) is 24.3 Å². The highest BCUT2D eigenvalue weighted by atomic mass is 16.2. The van der Waals surface area contributed by atoms with Crippen molar-refractivity contribution in [3.8, 4) is 0 Å². The molecule has 5 heteroatoms. The molecule has 1 aliphatic heterocycles. The molecule has 132 valence electrons. The standard InChI is InChI=1S/C19H29N3O2/c1-14(2)18(20-16(4)23)19(24)22-10-8-21(9-11-22)13-17-7-5-6-15(3)12-17/h5-7,12,14,18H,8-11,13H2,1-4H3,(H,20,23)/t18-/m0/s1. The summed E-state index contributed by atoms with van der Waals surface area (Å²) in [5.41, 5.74) is 2.59. The molecule has 2 amide bonds. The fraction of sp³-hybridized carbons (Fsp3) is 0.579. The Hall–Kier alpha value is -1.88. The molecule has 0 spiro atoms. The molecule has 1 aromatic carbocycles. The van der Waals surface area contributed by atoms with Crippen LogP contribution in [0.2, 0.25) is 0 Å². The van der Waals surface area contributed by atoms with Crippen molar-refractivity contribution in [3.05, 3.63) is 35.4 Å². The first-order valence-corrected chi connectivity index (χ1v) is 8.70. The second-order valence-corrected chi connectivity index (χ2v) is 7.01. The number of amides is 2. The quantitative estimate of drug-likeness (QED) is 0.895. The summed E-state index contributed by atoms with van der Waals surface area (Å²) in [5.74, 6) is -0.0257. The Morgan fingerprint density at radius 2 is 1.83 bits per heavy atom. The predicted octanol–water partition coefficient (Wildman–Crippen LogP) is 1.80. The second-order valence-electron chi connectivity index (χ2n) is 7.01. The van der Waals surface area contributed by atoms with E-state index in [1.165, 1.54) is 18.1 Å². The number of carbonyl (C=O) groups is 2. The van der Waals surface area contributed by atoms with Gasteiger partial charge in [-0.2, -0.15) is 0 Å². The van der Waals surface area contributed by atoms with Crippen LogP contribution in [0.25, 0.3) is 0 Å². The fourth-order valence-corrected chi connectivity index (χ4v) is 3.12. The van der Waals surface area contributed by atoms with E-state index in [0.717, 1.165) is 19.6 Å². The summed E-state index contributed by atoms with van der Waals surface area (Å²) in [6, 6.07) is 8.13. The average molecular weight is 331 g/mol. The van der Waals surface area contributed by atoms with E-state index in [1.54, 1.807) is 0 Å². The largest absolute Gasteiger partial charge is 0.344 e. The summed E-state index contributed by atoms with van der Waals surface area (Å²) in [4.78, 5) is 28.3. The highest BCUT2D eigenvalue weighted by molar-refractivity contribution is 5.87. The van der Waals surface area contributed by atoms with Gasteiger partial charge in [0.05, 0.1) is 0 Å². The van der Waals surface area contributed by atoms with E-state index in [4.69, 9.17) is 0 Å². The van der Waals surface area contributed by atoms with E-state index >= 15 is 0 Å². The summed E-state index contributed by atoms with van der Waals surface area (Å²) < 4.78 is 0. The lowest BCUT2D eigenvalue weighted by Gasteiger charge is -2.37. The van der Waals surface area contributed by atoms with Crippen molar-refractivity contribution in [1.82, 2.24) is 15.1 Å². The Kier molecular flexibility index (Phi) is 6.37. The zero-order valence-electron chi connectivity index (χ0n) is 15.2. The summed E-state index contributed by atoms with van der Waals surface area (Å²) >= 11 is 0. The summed E-state index contributed by atoms with van der Waals surface area (Å²) in [6.45, 7) is 11.6. The van der Waals surface area contributed by atoms with Crippen molar-refractivity contribution in [2.24, 2.45) is 5.92 Å². The minimum atomic E-state index is -0.425. The number of nitrogens with zero attached hydrogens (tertiary/aromatic N) is 2. The van der Waals surface area contributed by atoms with Crippen LogP contribution in [0.3, 0.4) is 0 Å². The molecule has 0 unspecified atom stereocenters. The van der Waals surface area contributed by atoms with Crippen LogP contribution in [0.5, 0.6) is 0 Å². The monoisotopic (exact) mass is 331 g/mol. The fourth-order valence-electron chi connectivity index (χ4n) is 3.12. The van der Waals surface area contributed by atoms with Gasteiger partial charge in [-0.15, -0.1) is 0 Å². The number of aryl methyl sites for hydroxylation is 1. The molecule has 1 aliphatic rings. The van der Waals surface area contributed by atoms with Gasteiger partial charge in [0.1, 0.15) is 6.04 Å². The third-order valence-corrected chi connectivity index (χ3v) is 4.46. The van der Waals surface area contributed by atoms with Gasteiger partial charge < -0.3 is 10.2 Å². The van der Waals surface area contributed by atoms with Crippen LogP contribution < -0.4 is 5.32 Å². The van der Waals surface area contributed by atoms with Gasteiger partial charge in [-0.3, -0.25) is 14.5 Å².